The topological polar surface area (TPSA) is 37.3 Å². The molecule has 0 aromatic rings. The summed E-state index contributed by atoms with van der Waals surface area (Å²) in [5.41, 5.74) is 0.512. The molecule has 11 heavy (non-hydrogen) atoms. The van der Waals surface area contributed by atoms with Gasteiger partial charge in [-0.25, -0.2) is 4.79 Å². The molecule has 0 aromatic heterocycles. The van der Waals surface area contributed by atoms with Crippen molar-refractivity contribution in [1.29, 1.82) is 0 Å². The van der Waals surface area contributed by atoms with E-state index in [9.17, 15) is 4.79 Å². The van der Waals surface area contributed by atoms with Gasteiger partial charge >= 0.3 is 5.97 Å². The Hall–Kier alpha value is -0.241. The maximum absolute atomic E-state index is 10.3. The van der Waals surface area contributed by atoms with Crippen LogP contribution in [0.2, 0.25) is 0 Å². The predicted octanol–water partition coefficient (Wildman–Crippen LogP) is 1.77. The van der Waals surface area contributed by atoms with Gasteiger partial charge in [-0.15, -0.1) is 12.4 Å². The molecule has 0 aliphatic heterocycles. The molecular weight excluding hydrogens is 207 g/mol. The van der Waals surface area contributed by atoms with E-state index in [0.29, 0.717) is 12.0 Å². The molecule has 0 atom stereocenters. The minimum Gasteiger partial charge on any atom is -0.478 e. The average Bonchev–Trinajstić information content (AvgIpc) is 1.90. The van der Waals surface area contributed by atoms with Crippen molar-refractivity contribution in [2.24, 2.45) is 0 Å². The largest absolute Gasteiger partial charge is 0.478 e. The first-order valence-electron chi connectivity index (χ1n) is 2.89. The molecule has 1 aliphatic carbocycles. The number of rotatable bonds is 1. The Balaban J connectivity index is 0. The summed E-state index contributed by atoms with van der Waals surface area (Å²) in [7, 11) is 0. The fourth-order valence-corrected chi connectivity index (χ4v) is 0.781. The van der Waals surface area contributed by atoms with Crippen molar-refractivity contribution in [2.75, 3.05) is 0 Å². The molecule has 4 heteroatoms. The first-order chi connectivity index (χ1) is 4.30. The second kappa shape index (κ2) is 6.47. The molecule has 64 valence electrons. The quantitative estimate of drug-likeness (QED) is 0.678. The van der Waals surface area contributed by atoms with E-state index in [1.54, 1.807) is 12.2 Å². The molecule has 0 unspecified atom stereocenters. The Kier molecular flexibility index (Phi) is 7.85. The molecule has 0 spiro atoms. The van der Waals surface area contributed by atoms with E-state index in [1.807, 2.05) is 6.08 Å². The van der Waals surface area contributed by atoms with E-state index >= 15 is 0 Å². The summed E-state index contributed by atoms with van der Waals surface area (Å²) in [4.78, 5) is 10.3. The van der Waals surface area contributed by atoms with Crippen molar-refractivity contribution < 1.29 is 27.0 Å². The minimum atomic E-state index is -0.792. The number of allylic oxidation sites excluding steroid dienone is 3. The van der Waals surface area contributed by atoms with E-state index in [0.717, 1.165) is 6.42 Å². The SMILES string of the molecule is Cl.O=C(O)C1=CC=CCC1.[Fe]. The molecular formula is C7H9ClFeO2. The summed E-state index contributed by atoms with van der Waals surface area (Å²) in [6.45, 7) is 0. The van der Waals surface area contributed by atoms with Crippen molar-refractivity contribution in [3.8, 4) is 0 Å². The smallest absolute Gasteiger partial charge is 0.331 e. The molecule has 0 radical (unpaired) electrons. The molecule has 0 saturated heterocycles. The van der Waals surface area contributed by atoms with Gasteiger partial charge in [0.05, 0.1) is 0 Å². The van der Waals surface area contributed by atoms with Crippen LogP contribution in [0.4, 0.5) is 0 Å². The molecule has 0 saturated carbocycles. The summed E-state index contributed by atoms with van der Waals surface area (Å²) in [5, 5.41) is 8.44. The van der Waals surface area contributed by atoms with Crippen LogP contribution in [0.25, 0.3) is 0 Å². The van der Waals surface area contributed by atoms with E-state index in [-0.39, 0.29) is 29.5 Å². The summed E-state index contributed by atoms with van der Waals surface area (Å²) < 4.78 is 0. The van der Waals surface area contributed by atoms with Crippen molar-refractivity contribution in [3.05, 3.63) is 23.8 Å². The molecule has 0 aromatic carbocycles. The van der Waals surface area contributed by atoms with Gasteiger partial charge in [-0.2, -0.15) is 0 Å². The maximum atomic E-state index is 10.3. The van der Waals surface area contributed by atoms with Crippen LogP contribution in [-0.4, -0.2) is 11.1 Å². The molecule has 2 nitrogen and oxygen atoms in total. The van der Waals surface area contributed by atoms with Gasteiger partial charge in [-0.1, -0.05) is 18.2 Å². The average molecular weight is 216 g/mol. The van der Waals surface area contributed by atoms with Crippen LogP contribution in [0.1, 0.15) is 12.8 Å². The number of halogens is 1. The van der Waals surface area contributed by atoms with Crippen molar-refractivity contribution in [2.45, 2.75) is 12.8 Å². The molecule has 1 rings (SSSR count). The summed E-state index contributed by atoms with van der Waals surface area (Å²) in [5.74, 6) is -0.792. The van der Waals surface area contributed by atoms with Gasteiger partial charge in [0.2, 0.25) is 0 Å². The van der Waals surface area contributed by atoms with E-state index in [4.69, 9.17) is 5.11 Å². The van der Waals surface area contributed by atoms with E-state index < -0.39 is 5.97 Å². The number of hydrogen-bond acceptors (Lipinski definition) is 1. The van der Waals surface area contributed by atoms with Gasteiger partial charge in [0.1, 0.15) is 0 Å². The van der Waals surface area contributed by atoms with Gasteiger partial charge in [0, 0.05) is 22.6 Å². The first kappa shape index (κ1) is 13.4. The van der Waals surface area contributed by atoms with E-state index in [1.165, 1.54) is 0 Å². The zero-order valence-electron chi connectivity index (χ0n) is 5.76. The first-order valence-corrected chi connectivity index (χ1v) is 2.89. The minimum absolute atomic E-state index is 0. The second-order valence-corrected chi connectivity index (χ2v) is 1.96. The summed E-state index contributed by atoms with van der Waals surface area (Å²) in [6.07, 6.45) is 6.93. The fraction of sp³-hybridized carbons (Fsp3) is 0.286. The Labute approximate surface area is 82.2 Å². The van der Waals surface area contributed by atoms with Crippen molar-refractivity contribution in [1.82, 2.24) is 0 Å². The van der Waals surface area contributed by atoms with Gasteiger partial charge in [-0.05, 0) is 12.8 Å². The Morgan fingerprint density at radius 3 is 2.45 bits per heavy atom. The van der Waals surface area contributed by atoms with Crippen LogP contribution < -0.4 is 0 Å². The van der Waals surface area contributed by atoms with E-state index in [2.05, 4.69) is 0 Å². The molecule has 0 amide bonds. The second-order valence-electron chi connectivity index (χ2n) is 1.96. The molecule has 0 fully saturated rings. The Bertz CT molecular complexity index is 187. The number of carbonyl (C=O) groups is 1. The zero-order chi connectivity index (χ0) is 6.69. The zero-order valence-corrected chi connectivity index (χ0v) is 7.68. The summed E-state index contributed by atoms with van der Waals surface area (Å²) in [6, 6.07) is 0. The van der Waals surface area contributed by atoms with Crippen LogP contribution >= 0.6 is 12.4 Å². The van der Waals surface area contributed by atoms with Gasteiger partial charge in [-0.3, -0.25) is 0 Å². The molecule has 1 N–H and O–H groups in total. The fourth-order valence-electron chi connectivity index (χ4n) is 0.781. The third kappa shape index (κ3) is 4.25. The summed E-state index contributed by atoms with van der Waals surface area (Å²) >= 11 is 0. The number of carboxylic acid groups (broad SMARTS) is 1. The molecule has 1 aliphatic rings. The van der Waals surface area contributed by atoms with Crippen molar-refractivity contribution >= 4 is 18.4 Å². The van der Waals surface area contributed by atoms with Crippen LogP contribution in [-0.2, 0) is 21.9 Å². The number of aliphatic carboxylic acids is 1. The number of hydrogen-bond donors (Lipinski definition) is 1. The van der Waals surface area contributed by atoms with Crippen LogP contribution in [0.15, 0.2) is 23.8 Å². The maximum Gasteiger partial charge on any atom is 0.331 e. The number of carboxylic acids is 1. The normalized spacial score (nSPS) is 14.0. The Morgan fingerprint density at radius 2 is 2.18 bits per heavy atom. The van der Waals surface area contributed by atoms with Gasteiger partial charge in [0.15, 0.2) is 0 Å². The standard InChI is InChI=1S/C7H8O2.ClH.Fe/c8-7(9)6-4-2-1-3-5-6;;/h1-2,4H,3,5H2,(H,8,9);1H;. The van der Waals surface area contributed by atoms with Gasteiger partial charge < -0.3 is 5.11 Å². The predicted molar refractivity (Wildman–Crippen MR) is 41.3 cm³/mol. The van der Waals surface area contributed by atoms with Crippen LogP contribution in [0, 0.1) is 0 Å². The third-order valence-corrected chi connectivity index (χ3v) is 1.29. The molecule has 0 heterocycles. The van der Waals surface area contributed by atoms with Gasteiger partial charge in [0.25, 0.3) is 0 Å². The van der Waals surface area contributed by atoms with Crippen molar-refractivity contribution in [3.63, 3.8) is 0 Å². The third-order valence-electron chi connectivity index (χ3n) is 1.29. The monoisotopic (exact) mass is 216 g/mol. The van der Waals surface area contributed by atoms with Crippen LogP contribution in [0.5, 0.6) is 0 Å². The van der Waals surface area contributed by atoms with Crippen LogP contribution in [0.3, 0.4) is 0 Å². The molecule has 0 bridgehead atoms. The Morgan fingerprint density at radius 1 is 1.55 bits per heavy atom.